The number of hydrogen-bond donors (Lipinski definition) is 2. The highest BCUT2D eigenvalue weighted by Gasteiger charge is 2.06. The number of nitrogens with zero attached hydrogens (tertiary/aromatic N) is 2. The van der Waals surface area contributed by atoms with Crippen LogP contribution in [-0.4, -0.2) is 15.8 Å². The van der Waals surface area contributed by atoms with Gasteiger partial charge in [-0.3, -0.25) is 10.00 Å². The van der Waals surface area contributed by atoms with Crippen LogP contribution in [0.3, 0.4) is 0 Å². The number of hydrogen-bond acceptors (Lipinski definition) is 2. The van der Waals surface area contributed by atoms with Crippen molar-refractivity contribution < 1.29 is 4.79 Å². The average molecular weight is 258 g/mol. The molecule has 0 saturated carbocycles. The zero-order valence-corrected chi connectivity index (χ0v) is 11.4. The second-order valence-electron chi connectivity index (χ2n) is 4.59. The molecular weight excluding hydrogens is 240 g/mol. The summed E-state index contributed by atoms with van der Waals surface area (Å²) in [4.78, 5) is 11.8. The molecule has 0 radical (unpaired) electrons. The lowest BCUT2D eigenvalue weighted by Crippen LogP contribution is -2.29. The fourth-order valence-electron chi connectivity index (χ4n) is 1.89. The van der Waals surface area contributed by atoms with E-state index in [-0.39, 0.29) is 6.03 Å². The molecule has 2 rings (SSSR count). The van der Waals surface area contributed by atoms with Gasteiger partial charge in [-0.15, -0.1) is 0 Å². The number of rotatable bonds is 3. The number of aromatic nitrogens is 2. The quantitative estimate of drug-likeness (QED) is 0.888. The Kier molecular flexibility index (Phi) is 3.85. The Morgan fingerprint density at radius 2 is 2.11 bits per heavy atom. The van der Waals surface area contributed by atoms with E-state index in [1.54, 1.807) is 11.7 Å². The summed E-state index contributed by atoms with van der Waals surface area (Å²) in [5, 5.41) is 9.75. The largest absolute Gasteiger partial charge is 0.334 e. The van der Waals surface area contributed by atoms with Crippen molar-refractivity contribution in [1.82, 2.24) is 15.1 Å². The molecule has 5 nitrogen and oxygen atoms in total. The second-order valence-corrected chi connectivity index (χ2v) is 4.59. The van der Waals surface area contributed by atoms with Gasteiger partial charge in [0.05, 0.1) is 5.69 Å². The van der Waals surface area contributed by atoms with Gasteiger partial charge in [0.25, 0.3) is 0 Å². The maximum atomic E-state index is 11.8. The van der Waals surface area contributed by atoms with E-state index in [0.717, 1.165) is 11.3 Å². The smallest absolute Gasteiger partial charge is 0.320 e. The molecule has 0 saturated heterocycles. The minimum absolute atomic E-state index is 0.232. The van der Waals surface area contributed by atoms with Crippen LogP contribution in [0.4, 0.5) is 10.6 Å². The van der Waals surface area contributed by atoms with E-state index < -0.39 is 0 Å². The normalized spacial score (nSPS) is 10.3. The van der Waals surface area contributed by atoms with Crippen LogP contribution in [0.15, 0.2) is 30.3 Å². The van der Waals surface area contributed by atoms with Crippen LogP contribution in [0.2, 0.25) is 0 Å². The molecule has 0 unspecified atom stereocenters. The van der Waals surface area contributed by atoms with Gasteiger partial charge >= 0.3 is 6.03 Å². The molecule has 0 bridgehead atoms. The Labute approximate surface area is 112 Å². The number of aryl methyl sites for hydroxylation is 3. The summed E-state index contributed by atoms with van der Waals surface area (Å²) in [6, 6.07) is 9.64. The first-order valence-corrected chi connectivity index (χ1v) is 6.15. The summed E-state index contributed by atoms with van der Waals surface area (Å²) in [5.41, 5.74) is 3.13. The minimum Gasteiger partial charge on any atom is -0.334 e. The van der Waals surface area contributed by atoms with Gasteiger partial charge < -0.3 is 5.32 Å². The topological polar surface area (TPSA) is 59.0 Å². The van der Waals surface area contributed by atoms with Crippen LogP contribution in [0.5, 0.6) is 0 Å². The van der Waals surface area contributed by atoms with Crippen LogP contribution in [0, 0.1) is 13.8 Å². The van der Waals surface area contributed by atoms with E-state index in [2.05, 4.69) is 21.8 Å². The van der Waals surface area contributed by atoms with Crippen LogP contribution >= 0.6 is 0 Å². The summed E-state index contributed by atoms with van der Waals surface area (Å²) in [7, 11) is 1.79. The molecule has 0 aliphatic heterocycles. The summed E-state index contributed by atoms with van der Waals surface area (Å²) in [6.45, 7) is 4.42. The van der Waals surface area contributed by atoms with E-state index in [9.17, 15) is 4.79 Å². The molecule has 0 atom stereocenters. The Morgan fingerprint density at radius 1 is 1.32 bits per heavy atom. The summed E-state index contributed by atoms with van der Waals surface area (Å²) in [6.07, 6.45) is 0. The number of carbonyl (C=O) groups excluding carboxylic acids is 1. The van der Waals surface area contributed by atoms with Crippen LogP contribution < -0.4 is 10.6 Å². The SMILES string of the molecule is Cc1cccc(CNC(=O)Nc2cc(C)nn2C)c1. The highest BCUT2D eigenvalue weighted by atomic mass is 16.2. The van der Waals surface area contributed by atoms with Crippen molar-refractivity contribution in [3.63, 3.8) is 0 Å². The van der Waals surface area contributed by atoms with E-state index in [4.69, 9.17) is 0 Å². The minimum atomic E-state index is -0.232. The Balaban J connectivity index is 1.90. The number of nitrogens with one attached hydrogen (secondary N) is 2. The third-order valence-corrected chi connectivity index (χ3v) is 2.78. The molecule has 1 heterocycles. The molecule has 1 aromatic carbocycles. The molecule has 0 spiro atoms. The van der Waals surface area contributed by atoms with E-state index in [1.807, 2.05) is 38.1 Å². The molecule has 0 aliphatic rings. The van der Waals surface area contributed by atoms with Gasteiger partial charge in [0.1, 0.15) is 5.82 Å². The van der Waals surface area contributed by atoms with E-state index in [1.165, 1.54) is 5.56 Å². The lowest BCUT2D eigenvalue weighted by molar-refractivity contribution is 0.251. The molecule has 2 N–H and O–H groups in total. The third-order valence-electron chi connectivity index (χ3n) is 2.78. The lowest BCUT2D eigenvalue weighted by atomic mass is 10.1. The Morgan fingerprint density at radius 3 is 2.74 bits per heavy atom. The molecule has 0 fully saturated rings. The van der Waals surface area contributed by atoms with Gasteiger partial charge in [-0.2, -0.15) is 5.10 Å². The first-order chi connectivity index (χ1) is 9.04. The summed E-state index contributed by atoms with van der Waals surface area (Å²) >= 11 is 0. The number of anilines is 1. The van der Waals surface area contributed by atoms with Crippen LogP contribution in [0.1, 0.15) is 16.8 Å². The van der Waals surface area contributed by atoms with Crippen molar-refractivity contribution >= 4 is 11.8 Å². The highest BCUT2D eigenvalue weighted by Crippen LogP contribution is 2.08. The van der Waals surface area contributed by atoms with Crippen LogP contribution in [0.25, 0.3) is 0 Å². The zero-order valence-electron chi connectivity index (χ0n) is 11.4. The van der Waals surface area contributed by atoms with Gasteiger partial charge in [0.15, 0.2) is 0 Å². The van der Waals surface area contributed by atoms with Crippen molar-refractivity contribution in [3.8, 4) is 0 Å². The number of amides is 2. The zero-order chi connectivity index (χ0) is 13.8. The van der Waals surface area contributed by atoms with Crippen molar-refractivity contribution in [2.45, 2.75) is 20.4 Å². The van der Waals surface area contributed by atoms with Gasteiger partial charge in [-0.1, -0.05) is 29.8 Å². The summed E-state index contributed by atoms with van der Waals surface area (Å²) < 4.78 is 1.64. The van der Waals surface area contributed by atoms with Crippen LogP contribution in [-0.2, 0) is 13.6 Å². The van der Waals surface area contributed by atoms with Gasteiger partial charge in [-0.05, 0) is 19.4 Å². The molecule has 2 amide bonds. The Hall–Kier alpha value is -2.30. The standard InChI is InChI=1S/C14H18N4O/c1-10-5-4-6-12(7-10)9-15-14(19)16-13-8-11(2)17-18(13)3/h4-8H,9H2,1-3H3,(H2,15,16,19). The van der Waals surface area contributed by atoms with Crippen molar-refractivity contribution in [3.05, 3.63) is 47.2 Å². The highest BCUT2D eigenvalue weighted by molar-refractivity contribution is 5.88. The van der Waals surface area contributed by atoms with E-state index in [0.29, 0.717) is 12.4 Å². The average Bonchev–Trinajstić information content (AvgIpc) is 2.65. The molecule has 2 aromatic rings. The Bertz CT molecular complexity index is 589. The first kappa shape index (κ1) is 13.1. The monoisotopic (exact) mass is 258 g/mol. The second kappa shape index (κ2) is 5.56. The van der Waals surface area contributed by atoms with Crippen molar-refractivity contribution in [1.29, 1.82) is 0 Å². The number of carbonyl (C=O) groups is 1. The van der Waals surface area contributed by atoms with Gasteiger partial charge in [-0.25, -0.2) is 4.79 Å². The first-order valence-electron chi connectivity index (χ1n) is 6.15. The molecule has 100 valence electrons. The maximum absolute atomic E-state index is 11.8. The fraction of sp³-hybridized carbons (Fsp3) is 0.286. The lowest BCUT2D eigenvalue weighted by Gasteiger charge is -2.08. The van der Waals surface area contributed by atoms with Crippen molar-refractivity contribution in [2.24, 2.45) is 7.05 Å². The number of benzene rings is 1. The number of urea groups is 1. The molecule has 0 aliphatic carbocycles. The van der Waals surface area contributed by atoms with Gasteiger partial charge in [0, 0.05) is 19.7 Å². The fourth-order valence-corrected chi connectivity index (χ4v) is 1.89. The summed E-state index contributed by atoms with van der Waals surface area (Å²) in [5.74, 6) is 0.680. The maximum Gasteiger partial charge on any atom is 0.320 e. The van der Waals surface area contributed by atoms with Gasteiger partial charge in [0.2, 0.25) is 0 Å². The molecular formula is C14H18N4O. The third kappa shape index (κ3) is 3.58. The molecule has 1 aromatic heterocycles. The predicted molar refractivity (Wildman–Crippen MR) is 75.0 cm³/mol. The van der Waals surface area contributed by atoms with E-state index >= 15 is 0 Å². The van der Waals surface area contributed by atoms with Crippen molar-refractivity contribution in [2.75, 3.05) is 5.32 Å². The predicted octanol–water partition coefficient (Wildman–Crippen LogP) is 2.36. The molecule has 5 heteroatoms. The molecule has 19 heavy (non-hydrogen) atoms.